The van der Waals surface area contributed by atoms with Gasteiger partial charge in [0.25, 0.3) is 0 Å². The number of pyridine rings is 1. The van der Waals surface area contributed by atoms with Crippen molar-refractivity contribution in [2.45, 2.75) is 24.0 Å². The normalized spacial score (nSPS) is 12.5. The molecule has 3 aromatic heterocycles. The molecule has 5 nitrogen and oxygen atoms in total. The van der Waals surface area contributed by atoms with Crippen LogP contribution in [0.2, 0.25) is 0 Å². The average Bonchev–Trinajstić information content (AvgIpc) is 3.35. The first-order valence-electron chi connectivity index (χ1n) is 8.75. The first-order chi connectivity index (χ1) is 13.2. The zero-order valence-corrected chi connectivity index (χ0v) is 16.5. The Bertz CT molecular complexity index is 1050. The summed E-state index contributed by atoms with van der Waals surface area (Å²) in [5.41, 5.74) is 9.63. The Morgan fingerprint density at radius 2 is 2.07 bits per heavy atom. The minimum Gasteiger partial charge on any atom is -0.611 e. The molecule has 0 spiro atoms. The van der Waals surface area contributed by atoms with Gasteiger partial charge in [-0.3, -0.25) is 0 Å². The number of hydrogen-bond donors (Lipinski definition) is 1. The summed E-state index contributed by atoms with van der Waals surface area (Å²) in [5, 5.41) is 0.848. The van der Waals surface area contributed by atoms with Crippen LogP contribution in [0.4, 0.5) is 5.69 Å². The highest BCUT2D eigenvalue weighted by Gasteiger charge is 2.25. The molecule has 0 saturated carbocycles. The number of thiophene rings is 1. The number of unbranched alkanes of at least 4 members (excludes halogenated alkanes) is 1. The summed E-state index contributed by atoms with van der Waals surface area (Å²) in [6.07, 6.45) is 5.02. The lowest BCUT2D eigenvalue weighted by Crippen LogP contribution is -2.06. The lowest BCUT2D eigenvalue weighted by molar-refractivity contribution is 0.572. The minimum absolute atomic E-state index is 0.453. The molecular weight excluding hydrogens is 378 g/mol. The Labute approximate surface area is 164 Å². The zero-order chi connectivity index (χ0) is 18.8. The van der Waals surface area contributed by atoms with Gasteiger partial charge < -0.3 is 14.7 Å². The van der Waals surface area contributed by atoms with Crippen LogP contribution in [-0.2, 0) is 11.2 Å². The third-order valence-electron chi connectivity index (χ3n) is 4.29. The largest absolute Gasteiger partial charge is 0.611 e. The number of anilines is 1. The summed E-state index contributed by atoms with van der Waals surface area (Å²) < 4.78 is 18.9. The van der Waals surface area contributed by atoms with Crippen molar-refractivity contribution in [1.29, 1.82) is 0 Å². The fourth-order valence-electron chi connectivity index (χ4n) is 2.94. The van der Waals surface area contributed by atoms with E-state index in [9.17, 15) is 4.55 Å². The van der Waals surface area contributed by atoms with Gasteiger partial charge in [0.2, 0.25) is 10.1 Å². The van der Waals surface area contributed by atoms with Crippen LogP contribution < -0.4 is 5.73 Å². The van der Waals surface area contributed by atoms with Crippen LogP contribution in [0.15, 0.2) is 57.5 Å². The van der Waals surface area contributed by atoms with Crippen molar-refractivity contribution in [2.75, 3.05) is 11.5 Å². The lowest BCUT2D eigenvalue weighted by atomic mass is 10.0. The molecule has 0 fully saturated rings. The molecule has 1 atom stereocenters. The Morgan fingerprint density at radius 1 is 1.26 bits per heavy atom. The molecule has 4 aromatic rings. The van der Waals surface area contributed by atoms with Gasteiger partial charge in [0, 0.05) is 5.39 Å². The van der Waals surface area contributed by atoms with Crippen molar-refractivity contribution in [1.82, 2.24) is 9.97 Å². The fourth-order valence-corrected chi connectivity index (χ4v) is 5.74. The van der Waals surface area contributed by atoms with Crippen LogP contribution >= 0.6 is 11.3 Å². The van der Waals surface area contributed by atoms with Crippen molar-refractivity contribution in [3.63, 3.8) is 0 Å². The Kier molecular flexibility index (Phi) is 5.15. The van der Waals surface area contributed by atoms with E-state index in [1.54, 1.807) is 6.20 Å². The number of benzene rings is 1. The molecule has 0 bridgehead atoms. The fraction of sp³-hybridized carbons (Fsp3) is 0.200. The highest BCUT2D eigenvalue weighted by Crippen LogP contribution is 2.43. The average molecular weight is 398 g/mol. The predicted molar refractivity (Wildman–Crippen MR) is 111 cm³/mol. The van der Waals surface area contributed by atoms with E-state index in [2.05, 4.69) is 11.9 Å². The predicted octanol–water partition coefficient (Wildman–Crippen LogP) is 5.11. The molecule has 27 heavy (non-hydrogen) atoms. The van der Waals surface area contributed by atoms with Crippen molar-refractivity contribution < 1.29 is 8.97 Å². The molecule has 0 amide bonds. The molecule has 0 aliphatic rings. The van der Waals surface area contributed by atoms with Crippen LogP contribution in [-0.4, -0.2) is 20.3 Å². The van der Waals surface area contributed by atoms with E-state index in [-0.39, 0.29) is 0 Å². The zero-order valence-electron chi connectivity index (χ0n) is 14.8. The molecule has 138 valence electrons. The summed E-state index contributed by atoms with van der Waals surface area (Å²) in [4.78, 5) is 9.66. The Morgan fingerprint density at radius 3 is 2.78 bits per heavy atom. The van der Waals surface area contributed by atoms with E-state index in [1.165, 1.54) is 17.6 Å². The second kappa shape index (κ2) is 7.72. The van der Waals surface area contributed by atoms with Gasteiger partial charge in [0.05, 0.1) is 6.20 Å². The number of rotatable bonds is 6. The van der Waals surface area contributed by atoms with Gasteiger partial charge >= 0.3 is 0 Å². The molecule has 0 aliphatic carbocycles. The highest BCUT2D eigenvalue weighted by molar-refractivity contribution is 7.93. The van der Waals surface area contributed by atoms with Gasteiger partial charge in [-0.2, -0.15) is 0 Å². The van der Waals surface area contributed by atoms with Gasteiger partial charge in [-0.15, -0.1) is 0 Å². The minimum atomic E-state index is -1.12. The molecule has 0 saturated heterocycles. The molecule has 0 aliphatic heterocycles. The molecular formula is C20H19N3O2S2. The number of oxazole rings is 1. The molecule has 1 unspecified atom stereocenters. The summed E-state index contributed by atoms with van der Waals surface area (Å²) in [6, 6.07) is 11.9. The molecule has 3 heterocycles. The van der Waals surface area contributed by atoms with E-state index < -0.39 is 11.2 Å². The van der Waals surface area contributed by atoms with Crippen LogP contribution in [0, 0.1) is 0 Å². The number of nitrogens with two attached hydrogens (primary N) is 1. The van der Waals surface area contributed by atoms with Crippen LogP contribution in [0.3, 0.4) is 0 Å². The molecule has 4 rings (SSSR count). The number of fused-ring (bicyclic) bond motifs is 1. The van der Waals surface area contributed by atoms with Crippen molar-refractivity contribution in [3.05, 3.63) is 48.9 Å². The smallest absolute Gasteiger partial charge is 0.245 e. The first kappa shape index (κ1) is 18.0. The SMILES string of the molecule is CCCC[S+]([O-])c1sc2nc(-c3ncco3)cc(-c3ccccc3)c2c1N. The summed E-state index contributed by atoms with van der Waals surface area (Å²) in [6.45, 7) is 2.09. The van der Waals surface area contributed by atoms with E-state index >= 15 is 0 Å². The number of nitrogens with zero attached hydrogens (tertiary/aromatic N) is 2. The second-order valence-corrected chi connectivity index (χ2v) is 8.91. The topological polar surface area (TPSA) is 88.0 Å². The second-order valence-electron chi connectivity index (χ2n) is 6.14. The molecule has 7 heteroatoms. The summed E-state index contributed by atoms with van der Waals surface area (Å²) in [7, 11) is 0. The van der Waals surface area contributed by atoms with E-state index in [0.717, 1.165) is 34.2 Å². The number of nitrogen functional groups attached to an aromatic ring is 1. The van der Waals surface area contributed by atoms with E-state index in [0.29, 0.717) is 27.2 Å². The van der Waals surface area contributed by atoms with Gasteiger partial charge in [-0.25, -0.2) is 9.97 Å². The van der Waals surface area contributed by atoms with E-state index in [1.807, 2.05) is 36.4 Å². The van der Waals surface area contributed by atoms with Gasteiger partial charge in [-0.05, 0) is 34.8 Å². The summed E-state index contributed by atoms with van der Waals surface area (Å²) >= 11 is 0.276. The standard InChI is InChI=1S/C20H19N3O2S2/c1-2-3-11-27(24)20-17(21)16-14(13-7-5-4-6-8-13)12-15(23-19(16)26-20)18-22-9-10-25-18/h4-10,12H,2-3,11,21H2,1H3. The van der Waals surface area contributed by atoms with Crippen LogP contribution in [0.5, 0.6) is 0 Å². The molecule has 0 radical (unpaired) electrons. The van der Waals surface area contributed by atoms with Crippen LogP contribution in [0.25, 0.3) is 32.9 Å². The monoisotopic (exact) mass is 397 g/mol. The van der Waals surface area contributed by atoms with Crippen LogP contribution in [0.1, 0.15) is 19.8 Å². The highest BCUT2D eigenvalue weighted by atomic mass is 32.2. The van der Waals surface area contributed by atoms with Gasteiger partial charge in [0.1, 0.15) is 28.2 Å². The Hall–Kier alpha value is -2.35. The van der Waals surface area contributed by atoms with Gasteiger partial charge in [0.15, 0.2) is 0 Å². The molecule has 2 N–H and O–H groups in total. The maximum Gasteiger partial charge on any atom is 0.245 e. The number of aromatic nitrogens is 2. The third-order valence-corrected chi connectivity index (χ3v) is 7.29. The maximum absolute atomic E-state index is 12.7. The first-order valence-corrected chi connectivity index (χ1v) is 10.9. The van der Waals surface area contributed by atoms with Gasteiger partial charge in [-0.1, -0.05) is 55.0 Å². The maximum atomic E-state index is 12.7. The van der Waals surface area contributed by atoms with Crippen molar-refractivity contribution in [2.24, 2.45) is 0 Å². The van der Waals surface area contributed by atoms with E-state index in [4.69, 9.17) is 15.1 Å². The lowest BCUT2D eigenvalue weighted by Gasteiger charge is -2.09. The Balaban J connectivity index is 1.93. The van der Waals surface area contributed by atoms with Crippen molar-refractivity contribution >= 4 is 38.4 Å². The summed E-state index contributed by atoms with van der Waals surface area (Å²) in [5.74, 6) is 1.07. The number of hydrogen-bond acceptors (Lipinski definition) is 6. The third kappa shape index (κ3) is 3.45. The molecule has 1 aromatic carbocycles. The quantitative estimate of drug-likeness (QED) is 0.457. The van der Waals surface area contributed by atoms with Crippen molar-refractivity contribution in [3.8, 4) is 22.7 Å².